The summed E-state index contributed by atoms with van der Waals surface area (Å²) in [5.41, 5.74) is -2.09. The topological polar surface area (TPSA) is 49.3 Å². The van der Waals surface area contributed by atoms with Crippen molar-refractivity contribution in [1.82, 2.24) is 14.9 Å². The Morgan fingerprint density at radius 2 is 1.51 bits per heavy atom. The number of amides is 1. The average Bonchev–Trinajstić information content (AvgIpc) is 2.87. The van der Waals surface area contributed by atoms with Crippen LogP contribution in [-0.2, 0) is 18.9 Å². The molecular formula is C26H24F6N4O. The zero-order chi connectivity index (χ0) is 26.8. The molecule has 1 amide bonds. The third-order valence-electron chi connectivity index (χ3n) is 6.11. The summed E-state index contributed by atoms with van der Waals surface area (Å²) in [6.07, 6.45) is -5.50. The Kier molecular flexibility index (Phi) is 7.42. The first-order chi connectivity index (χ1) is 17.4. The number of piperidine rings is 1. The van der Waals surface area contributed by atoms with Gasteiger partial charge in [0.2, 0.25) is 5.95 Å². The van der Waals surface area contributed by atoms with Gasteiger partial charge >= 0.3 is 12.4 Å². The lowest BCUT2D eigenvalue weighted by atomic mass is 10.0. The summed E-state index contributed by atoms with van der Waals surface area (Å²) in [4.78, 5) is 25.5. The molecule has 2 aromatic carbocycles. The third kappa shape index (κ3) is 6.20. The standard InChI is InChI=1S/C26H24F6N4O/c1-35(16-17-12-19(25(27,28)29)14-20(13-17)26(30,31)32)23(37)21-15-33-24(36-10-6-3-7-11-36)34-22(21)18-8-4-2-5-9-18/h2,4-5,8-9,12-15H,3,6-7,10-11,16H2,1H3. The molecule has 0 spiro atoms. The van der Waals surface area contributed by atoms with Crippen LogP contribution in [0.25, 0.3) is 11.3 Å². The molecule has 0 bridgehead atoms. The number of hydrogen-bond acceptors (Lipinski definition) is 4. The molecule has 1 aliphatic rings. The molecule has 5 nitrogen and oxygen atoms in total. The van der Waals surface area contributed by atoms with E-state index in [9.17, 15) is 31.1 Å². The van der Waals surface area contributed by atoms with E-state index in [0.29, 0.717) is 29.3 Å². The van der Waals surface area contributed by atoms with Crippen molar-refractivity contribution in [2.45, 2.75) is 38.2 Å². The van der Waals surface area contributed by atoms with Gasteiger partial charge in [0, 0.05) is 38.4 Å². The Bertz CT molecular complexity index is 1220. The summed E-state index contributed by atoms with van der Waals surface area (Å²) < 4.78 is 79.6. The van der Waals surface area contributed by atoms with Crippen LogP contribution in [0.2, 0.25) is 0 Å². The lowest BCUT2D eigenvalue weighted by Gasteiger charge is -2.27. The number of nitrogens with zero attached hydrogens (tertiary/aromatic N) is 4. The fraction of sp³-hybridized carbons (Fsp3) is 0.346. The molecule has 1 aromatic heterocycles. The number of hydrogen-bond donors (Lipinski definition) is 0. The lowest BCUT2D eigenvalue weighted by Crippen LogP contribution is -2.32. The van der Waals surface area contributed by atoms with Crippen molar-refractivity contribution in [3.05, 3.63) is 77.0 Å². The maximum atomic E-state index is 13.4. The normalized spacial score (nSPS) is 14.5. The highest BCUT2D eigenvalue weighted by Gasteiger charge is 2.37. The maximum absolute atomic E-state index is 13.4. The van der Waals surface area contributed by atoms with Crippen LogP contribution in [0, 0.1) is 0 Å². The van der Waals surface area contributed by atoms with Crippen molar-refractivity contribution in [2.24, 2.45) is 0 Å². The summed E-state index contributed by atoms with van der Waals surface area (Å²) in [7, 11) is 1.31. The van der Waals surface area contributed by atoms with Gasteiger partial charge in [0.25, 0.3) is 5.91 Å². The molecule has 1 aliphatic heterocycles. The maximum Gasteiger partial charge on any atom is 0.416 e. The van der Waals surface area contributed by atoms with Gasteiger partial charge in [-0.05, 0) is 43.0 Å². The van der Waals surface area contributed by atoms with Crippen LogP contribution in [-0.4, -0.2) is 40.9 Å². The van der Waals surface area contributed by atoms with E-state index >= 15 is 0 Å². The molecule has 3 aromatic rings. The average molecular weight is 522 g/mol. The first-order valence-corrected chi connectivity index (χ1v) is 11.6. The molecule has 196 valence electrons. The van der Waals surface area contributed by atoms with Crippen molar-refractivity contribution < 1.29 is 31.1 Å². The van der Waals surface area contributed by atoms with Crippen molar-refractivity contribution in [2.75, 3.05) is 25.0 Å². The van der Waals surface area contributed by atoms with Crippen LogP contribution < -0.4 is 4.90 Å². The first kappa shape index (κ1) is 26.4. The number of alkyl halides is 6. The van der Waals surface area contributed by atoms with Gasteiger partial charge in [0.05, 0.1) is 22.4 Å². The zero-order valence-electron chi connectivity index (χ0n) is 19.9. The van der Waals surface area contributed by atoms with Crippen LogP contribution >= 0.6 is 0 Å². The molecule has 0 N–H and O–H groups in total. The zero-order valence-corrected chi connectivity index (χ0v) is 19.9. The number of rotatable bonds is 5. The molecule has 37 heavy (non-hydrogen) atoms. The molecule has 1 saturated heterocycles. The van der Waals surface area contributed by atoms with Gasteiger partial charge in [0.15, 0.2) is 0 Å². The highest BCUT2D eigenvalue weighted by atomic mass is 19.4. The van der Waals surface area contributed by atoms with E-state index in [1.54, 1.807) is 30.3 Å². The number of halogens is 6. The number of carbonyl (C=O) groups is 1. The Morgan fingerprint density at radius 1 is 0.919 bits per heavy atom. The SMILES string of the molecule is CN(Cc1cc(C(F)(F)F)cc(C(F)(F)F)c1)C(=O)c1cnc(N2CCCCC2)nc1-c1ccccc1. The Morgan fingerprint density at radius 3 is 2.08 bits per heavy atom. The van der Waals surface area contributed by atoms with Crippen LogP contribution in [0.4, 0.5) is 32.3 Å². The van der Waals surface area contributed by atoms with Crippen LogP contribution in [0.5, 0.6) is 0 Å². The van der Waals surface area contributed by atoms with E-state index in [1.165, 1.54) is 13.2 Å². The van der Waals surface area contributed by atoms with Gasteiger partial charge in [0.1, 0.15) is 0 Å². The third-order valence-corrected chi connectivity index (χ3v) is 6.11. The molecule has 0 unspecified atom stereocenters. The van der Waals surface area contributed by atoms with E-state index in [0.717, 1.165) is 37.3 Å². The van der Waals surface area contributed by atoms with Crippen molar-refractivity contribution in [1.29, 1.82) is 0 Å². The number of benzene rings is 2. The highest BCUT2D eigenvalue weighted by Crippen LogP contribution is 2.36. The number of aromatic nitrogens is 2. The fourth-order valence-corrected chi connectivity index (χ4v) is 4.25. The molecular weight excluding hydrogens is 498 g/mol. The summed E-state index contributed by atoms with van der Waals surface area (Å²) in [5, 5.41) is 0. The Labute approximate surface area is 209 Å². The van der Waals surface area contributed by atoms with Gasteiger partial charge < -0.3 is 9.80 Å². The minimum atomic E-state index is -4.98. The smallest absolute Gasteiger partial charge is 0.341 e. The van der Waals surface area contributed by atoms with E-state index in [-0.39, 0.29) is 17.2 Å². The molecule has 0 atom stereocenters. The molecule has 2 heterocycles. The molecule has 0 aliphatic carbocycles. The second-order valence-electron chi connectivity index (χ2n) is 8.92. The van der Waals surface area contributed by atoms with Gasteiger partial charge in [-0.3, -0.25) is 4.79 Å². The van der Waals surface area contributed by atoms with Crippen molar-refractivity contribution in [3.8, 4) is 11.3 Å². The van der Waals surface area contributed by atoms with Crippen molar-refractivity contribution in [3.63, 3.8) is 0 Å². The quantitative estimate of drug-likeness (QED) is 0.362. The monoisotopic (exact) mass is 522 g/mol. The summed E-state index contributed by atoms with van der Waals surface area (Å²) in [6.45, 7) is 1.07. The number of anilines is 1. The molecule has 1 fully saturated rings. The second-order valence-corrected chi connectivity index (χ2v) is 8.92. The fourth-order valence-electron chi connectivity index (χ4n) is 4.25. The van der Waals surface area contributed by atoms with Crippen LogP contribution in [0.1, 0.15) is 46.3 Å². The minimum absolute atomic E-state index is 0.0615. The van der Waals surface area contributed by atoms with Gasteiger partial charge in [-0.15, -0.1) is 0 Å². The summed E-state index contributed by atoms with van der Waals surface area (Å²) >= 11 is 0. The van der Waals surface area contributed by atoms with Gasteiger partial charge in [-0.25, -0.2) is 9.97 Å². The Hall–Kier alpha value is -3.63. The van der Waals surface area contributed by atoms with Gasteiger partial charge in [-0.2, -0.15) is 26.3 Å². The second kappa shape index (κ2) is 10.4. The highest BCUT2D eigenvalue weighted by molar-refractivity contribution is 5.99. The van der Waals surface area contributed by atoms with Crippen LogP contribution in [0.3, 0.4) is 0 Å². The molecule has 4 rings (SSSR count). The molecule has 0 saturated carbocycles. The van der Waals surface area contributed by atoms with Crippen LogP contribution in [0.15, 0.2) is 54.7 Å². The Balaban J connectivity index is 1.68. The summed E-state index contributed by atoms with van der Waals surface area (Å²) in [5.74, 6) is -0.166. The van der Waals surface area contributed by atoms with E-state index in [1.807, 2.05) is 4.90 Å². The predicted octanol–water partition coefficient (Wildman–Crippen LogP) is 6.44. The van der Waals surface area contributed by atoms with E-state index in [4.69, 9.17) is 0 Å². The van der Waals surface area contributed by atoms with Gasteiger partial charge in [-0.1, -0.05) is 30.3 Å². The first-order valence-electron chi connectivity index (χ1n) is 11.6. The minimum Gasteiger partial charge on any atom is -0.341 e. The molecule has 11 heteroatoms. The number of carbonyl (C=O) groups excluding carboxylic acids is 1. The largest absolute Gasteiger partial charge is 0.416 e. The van der Waals surface area contributed by atoms with E-state index < -0.39 is 35.9 Å². The van der Waals surface area contributed by atoms with Crippen molar-refractivity contribution >= 4 is 11.9 Å². The summed E-state index contributed by atoms with van der Waals surface area (Å²) in [6, 6.07) is 10.2. The lowest BCUT2D eigenvalue weighted by molar-refractivity contribution is -0.143. The van der Waals surface area contributed by atoms with E-state index in [2.05, 4.69) is 9.97 Å². The predicted molar refractivity (Wildman–Crippen MR) is 126 cm³/mol. The molecule has 0 radical (unpaired) electrons.